The number of piperidine rings is 1. The molecule has 24 heavy (non-hydrogen) atoms. The summed E-state index contributed by atoms with van der Waals surface area (Å²) in [6.07, 6.45) is 2.44. The van der Waals surface area contributed by atoms with E-state index in [9.17, 15) is 4.79 Å². The maximum atomic E-state index is 10.9. The monoisotopic (exact) mass is 353 g/mol. The maximum Gasteiger partial charge on any atom is 0.255 e. The summed E-state index contributed by atoms with van der Waals surface area (Å²) in [6.45, 7) is 3.92. The van der Waals surface area contributed by atoms with Crippen LogP contribution in [0.4, 0.5) is 0 Å². The molecule has 0 aromatic heterocycles. The number of rotatable bonds is 6. The van der Waals surface area contributed by atoms with Crippen LogP contribution in [0.15, 0.2) is 12.1 Å². The van der Waals surface area contributed by atoms with E-state index in [1.165, 1.54) is 12.8 Å². The van der Waals surface area contributed by atoms with Crippen molar-refractivity contribution in [3.05, 3.63) is 22.7 Å². The van der Waals surface area contributed by atoms with Crippen molar-refractivity contribution < 1.29 is 14.3 Å². The summed E-state index contributed by atoms with van der Waals surface area (Å²) in [5.41, 5.74) is 6.19. The van der Waals surface area contributed by atoms with E-state index in [4.69, 9.17) is 26.8 Å². The Balaban J connectivity index is 1.69. The normalized spacial score (nSPS) is 23.8. The van der Waals surface area contributed by atoms with Gasteiger partial charge in [0.05, 0.1) is 12.1 Å². The minimum absolute atomic E-state index is 0.225. The Labute approximate surface area is 147 Å². The first kappa shape index (κ1) is 17.3. The van der Waals surface area contributed by atoms with Crippen LogP contribution in [-0.2, 0) is 11.3 Å². The van der Waals surface area contributed by atoms with Gasteiger partial charge in [-0.05, 0) is 49.5 Å². The highest BCUT2D eigenvalue weighted by Gasteiger charge is 2.32. The fourth-order valence-electron chi connectivity index (χ4n) is 3.67. The second kappa shape index (κ2) is 7.59. The molecule has 0 spiro atoms. The first-order valence-corrected chi connectivity index (χ1v) is 8.68. The van der Waals surface area contributed by atoms with Gasteiger partial charge in [0.15, 0.2) is 18.1 Å². The molecule has 1 aromatic carbocycles. The van der Waals surface area contributed by atoms with E-state index in [-0.39, 0.29) is 6.61 Å². The number of carbonyl (C=O) groups excluding carboxylic acids is 1. The molecule has 7 heteroatoms. The van der Waals surface area contributed by atoms with E-state index in [1.54, 1.807) is 7.11 Å². The molecule has 1 amide bonds. The Morgan fingerprint density at radius 2 is 2.29 bits per heavy atom. The molecule has 2 unspecified atom stereocenters. The number of carbonyl (C=O) groups is 1. The summed E-state index contributed by atoms with van der Waals surface area (Å²) in [4.78, 5) is 13.4. The summed E-state index contributed by atoms with van der Waals surface area (Å²) in [7, 11) is 1.56. The maximum absolute atomic E-state index is 10.9. The molecule has 0 bridgehead atoms. The molecule has 132 valence electrons. The van der Waals surface area contributed by atoms with E-state index in [2.05, 4.69) is 10.2 Å². The highest BCUT2D eigenvalue weighted by Crippen LogP contribution is 2.37. The number of methoxy groups -OCH3 is 1. The molecule has 1 aromatic rings. The van der Waals surface area contributed by atoms with Gasteiger partial charge in [0.25, 0.3) is 5.91 Å². The topological polar surface area (TPSA) is 76.8 Å². The SMILES string of the molecule is COc1cc(CN2CCC3NCCC3C2)cc(Cl)c1OCC(N)=O. The third-order valence-corrected chi connectivity index (χ3v) is 5.07. The molecule has 2 fully saturated rings. The molecule has 3 rings (SSSR count). The Morgan fingerprint density at radius 1 is 1.46 bits per heavy atom. The van der Waals surface area contributed by atoms with Gasteiger partial charge in [-0.1, -0.05) is 11.6 Å². The van der Waals surface area contributed by atoms with E-state index in [1.807, 2.05) is 12.1 Å². The van der Waals surface area contributed by atoms with Gasteiger partial charge in [-0.25, -0.2) is 0 Å². The van der Waals surface area contributed by atoms with Gasteiger partial charge in [0, 0.05) is 19.1 Å². The van der Waals surface area contributed by atoms with Crippen LogP contribution in [0.25, 0.3) is 0 Å². The Bertz CT molecular complexity index is 611. The molecular formula is C17H24ClN3O3. The zero-order valence-corrected chi connectivity index (χ0v) is 14.6. The van der Waals surface area contributed by atoms with Crippen molar-refractivity contribution in [1.29, 1.82) is 0 Å². The fourth-order valence-corrected chi connectivity index (χ4v) is 3.96. The van der Waals surface area contributed by atoms with Gasteiger partial charge in [-0.2, -0.15) is 0 Å². The fraction of sp³-hybridized carbons (Fsp3) is 0.588. The average molecular weight is 354 g/mol. The second-order valence-electron chi connectivity index (χ2n) is 6.50. The van der Waals surface area contributed by atoms with Crippen molar-refractivity contribution >= 4 is 17.5 Å². The number of primary amides is 1. The van der Waals surface area contributed by atoms with Gasteiger partial charge < -0.3 is 20.5 Å². The van der Waals surface area contributed by atoms with Gasteiger partial charge >= 0.3 is 0 Å². The van der Waals surface area contributed by atoms with Crippen LogP contribution >= 0.6 is 11.6 Å². The van der Waals surface area contributed by atoms with Gasteiger partial charge in [-0.15, -0.1) is 0 Å². The number of nitrogens with one attached hydrogen (secondary N) is 1. The average Bonchev–Trinajstić information content (AvgIpc) is 3.00. The summed E-state index contributed by atoms with van der Waals surface area (Å²) >= 11 is 6.32. The number of benzene rings is 1. The molecule has 0 saturated carbocycles. The molecule has 2 atom stereocenters. The standard InChI is InChI=1S/C17H24ClN3O3/c1-23-15-7-11(6-13(18)17(15)24-10-16(19)22)8-21-5-3-14-12(9-21)2-4-20-14/h6-7,12,14,20H,2-5,8-10H2,1H3,(H2,19,22). The highest BCUT2D eigenvalue weighted by atomic mass is 35.5. The van der Waals surface area contributed by atoms with E-state index in [0.29, 0.717) is 22.6 Å². The van der Waals surface area contributed by atoms with Crippen LogP contribution in [0.5, 0.6) is 11.5 Å². The molecule has 0 aliphatic carbocycles. The molecule has 6 nitrogen and oxygen atoms in total. The summed E-state index contributed by atoms with van der Waals surface area (Å²) in [5.74, 6) is 1.08. The number of likely N-dealkylation sites (tertiary alicyclic amines) is 1. The summed E-state index contributed by atoms with van der Waals surface area (Å²) < 4.78 is 10.7. The van der Waals surface area contributed by atoms with E-state index in [0.717, 1.165) is 37.7 Å². The van der Waals surface area contributed by atoms with Crippen molar-refractivity contribution in [2.75, 3.05) is 33.4 Å². The number of ether oxygens (including phenoxy) is 2. The lowest BCUT2D eigenvalue weighted by Gasteiger charge is -2.35. The Kier molecular flexibility index (Phi) is 5.48. The predicted octanol–water partition coefficient (Wildman–Crippen LogP) is 1.40. The largest absolute Gasteiger partial charge is 0.493 e. The first-order chi connectivity index (χ1) is 11.6. The lowest BCUT2D eigenvalue weighted by Crippen LogP contribution is -2.43. The lowest BCUT2D eigenvalue weighted by molar-refractivity contribution is -0.119. The number of hydrogen-bond donors (Lipinski definition) is 2. The number of hydrogen-bond acceptors (Lipinski definition) is 5. The van der Waals surface area contributed by atoms with Crippen molar-refractivity contribution in [1.82, 2.24) is 10.2 Å². The minimum Gasteiger partial charge on any atom is -0.493 e. The van der Waals surface area contributed by atoms with Crippen LogP contribution < -0.4 is 20.5 Å². The smallest absolute Gasteiger partial charge is 0.255 e. The van der Waals surface area contributed by atoms with E-state index < -0.39 is 5.91 Å². The van der Waals surface area contributed by atoms with Crippen LogP contribution in [0, 0.1) is 5.92 Å². The van der Waals surface area contributed by atoms with E-state index >= 15 is 0 Å². The van der Waals surface area contributed by atoms with Crippen molar-refractivity contribution in [3.63, 3.8) is 0 Å². The van der Waals surface area contributed by atoms with Crippen molar-refractivity contribution in [3.8, 4) is 11.5 Å². The summed E-state index contributed by atoms with van der Waals surface area (Å²) in [5, 5.41) is 4.01. The number of nitrogens with two attached hydrogens (primary N) is 1. The highest BCUT2D eigenvalue weighted by molar-refractivity contribution is 6.32. The number of amides is 1. The molecule has 2 aliphatic heterocycles. The van der Waals surface area contributed by atoms with Crippen LogP contribution in [0.1, 0.15) is 18.4 Å². The van der Waals surface area contributed by atoms with Crippen LogP contribution in [-0.4, -0.2) is 50.2 Å². The Hall–Kier alpha value is -1.50. The summed E-state index contributed by atoms with van der Waals surface area (Å²) in [6, 6.07) is 4.48. The predicted molar refractivity (Wildman–Crippen MR) is 92.5 cm³/mol. The van der Waals surface area contributed by atoms with Gasteiger partial charge in [0.1, 0.15) is 0 Å². The molecule has 0 radical (unpaired) electrons. The number of halogens is 1. The molecule has 2 saturated heterocycles. The zero-order valence-electron chi connectivity index (χ0n) is 13.9. The quantitative estimate of drug-likeness (QED) is 0.808. The van der Waals surface area contributed by atoms with Gasteiger partial charge in [-0.3, -0.25) is 9.69 Å². The lowest BCUT2D eigenvalue weighted by atomic mass is 9.93. The molecule has 3 N–H and O–H groups in total. The minimum atomic E-state index is -0.551. The van der Waals surface area contributed by atoms with Gasteiger partial charge in [0.2, 0.25) is 0 Å². The Morgan fingerprint density at radius 3 is 3.04 bits per heavy atom. The number of nitrogens with zero attached hydrogens (tertiary/aromatic N) is 1. The third-order valence-electron chi connectivity index (χ3n) is 4.79. The zero-order chi connectivity index (χ0) is 17.1. The third kappa shape index (κ3) is 3.94. The number of fused-ring (bicyclic) bond motifs is 1. The van der Waals surface area contributed by atoms with Crippen molar-refractivity contribution in [2.24, 2.45) is 11.7 Å². The van der Waals surface area contributed by atoms with Crippen molar-refractivity contribution in [2.45, 2.75) is 25.4 Å². The van der Waals surface area contributed by atoms with Crippen LogP contribution in [0.2, 0.25) is 5.02 Å². The molecule has 2 aliphatic rings. The van der Waals surface area contributed by atoms with Crippen LogP contribution in [0.3, 0.4) is 0 Å². The molecular weight excluding hydrogens is 330 g/mol. The molecule has 2 heterocycles. The second-order valence-corrected chi connectivity index (χ2v) is 6.90. The first-order valence-electron chi connectivity index (χ1n) is 8.30.